The molecule has 1 aliphatic rings. The first-order valence-corrected chi connectivity index (χ1v) is 12.0. The zero-order valence-electron chi connectivity index (χ0n) is 22.2. The van der Waals surface area contributed by atoms with Gasteiger partial charge in [-0.25, -0.2) is 4.68 Å². The molecular formula is C26H36N6O4. The maximum absolute atomic E-state index is 5.67. The van der Waals surface area contributed by atoms with Gasteiger partial charge in [0.25, 0.3) is 0 Å². The molecule has 1 saturated heterocycles. The van der Waals surface area contributed by atoms with Gasteiger partial charge in [-0.05, 0) is 73.2 Å². The lowest BCUT2D eigenvalue weighted by molar-refractivity contribution is 0.190. The van der Waals surface area contributed by atoms with Gasteiger partial charge in [0.15, 0.2) is 17.3 Å². The number of piperazine rings is 1. The van der Waals surface area contributed by atoms with Gasteiger partial charge < -0.3 is 23.8 Å². The highest BCUT2D eigenvalue weighted by Crippen LogP contribution is 2.42. The van der Waals surface area contributed by atoms with Crippen LogP contribution >= 0.6 is 0 Å². The molecule has 2 heterocycles. The van der Waals surface area contributed by atoms with E-state index in [2.05, 4.69) is 58.2 Å². The molecule has 4 rings (SSSR count). The molecule has 0 spiro atoms. The van der Waals surface area contributed by atoms with Crippen LogP contribution in [0.25, 0.3) is 0 Å². The van der Waals surface area contributed by atoms with E-state index < -0.39 is 0 Å². The van der Waals surface area contributed by atoms with Crippen molar-refractivity contribution < 1.29 is 18.9 Å². The third kappa shape index (κ3) is 5.04. The number of ether oxygens (including phenoxy) is 4. The Bertz CT molecular complexity index is 1120. The van der Waals surface area contributed by atoms with Gasteiger partial charge in [-0.1, -0.05) is 0 Å². The Morgan fingerprint density at radius 3 is 1.92 bits per heavy atom. The predicted octanol–water partition coefficient (Wildman–Crippen LogP) is 3.37. The average Bonchev–Trinajstić information content (AvgIpc) is 3.39. The molecule has 0 amide bonds. The van der Waals surface area contributed by atoms with E-state index in [4.69, 9.17) is 18.9 Å². The van der Waals surface area contributed by atoms with E-state index >= 15 is 0 Å². The summed E-state index contributed by atoms with van der Waals surface area (Å²) in [5.74, 6) is 3.39. The number of nitrogens with zero attached hydrogens (tertiary/aromatic N) is 6. The second-order valence-electron chi connectivity index (χ2n) is 9.70. The molecule has 0 aliphatic carbocycles. The molecule has 0 radical (unpaired) electrons. The van der Waals surface area contributed by atoms with Gasteiger partial charge in [0, 0.05) is 31.9 Å². The molecule has 1 fully saturated rings. The number of tetrazole rings is 1. The van der Waals surface area contributed by atoms with E-state index in [9.17, 15) is 0 Å². The second kappa shape index (κ2) is 10.6. The molecule has 194 valence electrons. The van der Waals surface area contributed by atoms with Crippen molar-refractivity contribution in [3.8, 4) is 23.0 Å². The smallest absolute Gasteiger partial charge is 0.203 e. The Kier molecular flexibility index (Phi) is 7.53. The molecule has 2 aromatic carbocycles. The minimum Gasteiger partial charge on any atom is -0.497 e. The molecule has 10 nitrogen and oxygen atoms in total. The zero-order chi connectivity index (χ0) is 25.9. The molecule has 1 aromatic heterocycles. The average molecular weight is 497 g/mol. The quantitative estimate of drug-likeness (QED) is 0.466. The van der Waals surface area contributed by atoms with Crippen LogP contribution in [0, 0.1) is 0 Å². The van der Waals surface area contributed by atoms with Gasteiger partial charge in [0.05, 0.1) is 40.0 Å². The van der Waals surface area contributed by atoms with Crippen molar-refractivity contribution in [2.45, 2.75) is 32.4 Å². The SMILES string of the molecule is COc1ccc(N2CCN([C@@H](c3cc(OC)c(OC)c(OC)c3)c3nnnn3C(C)(C)C)CC2)cc1. The molecule has 0 bridgehead atoms. The fraction of sp³-hybridized carbons (Fsp3) is 0.500. The van der Waals surface area contributed by atoms with Crippen molar-refractivity contribution in [3.63, 3.8) is 0 Å². The predicted molar refractivity (Wildman–Crippen MR) is 138 cm³/mol. The Balaban J connectivity index is 1.71. The molecule has 0 saturated carbocycles. The van der Waals surface area contributed by atoms with E-state index in [1.165, 1.54) is 5.69 Å². The van der Waals surface area contributed by atoms with Gasteiger partial charge in [0.2, 0.25) is 5.75 Å². The second-order valence-corrected chi connectivity index (χ2v) is 9.70. The summed E-state index contributed by atoms with van der Waals surface area (Å²) in [5.41, 5.74) is 1.87. The van der Waals surface area contributed by atoms with Gasteiger partial charge in [-0.2, -0.15) is 0 Å². The van der Waals surface area contributed by atoms with Crippen LogP contribution in [0.4, 0.5) is 5.69 Å². The maximum Gasteiger partial charge on any atom is 0.203 e. The van der Waals surface area contributed by atoms with Crippen LogP contribution in [0.2, 0.25) is 0 Å². The summed E-state index contributed by atoms with van der Waals surface area (Å²) in [4.78, 5) is 4.80. The molecular weight excluding hydrogens is 460 g/mol. The van der Waals surface area contributed by atoms with E-state index in [1.807, 2.05) is 28.9 Å². The largest absolute Gasteiger partial charge is 0.497 e. The van der Waals surface area contributed by atoms with Crippen LogP contribution < -0.4 is 23.8 Å². The van der Waals surface area contributed by atoms with Gasteiger partial charge in [-0.15, -0.1) is 5.10 Å². The Morgan fingerprint density at radius 1 is 0.806 bits per heavy atom. The summed E-state index contributed by atoms with van der Waals surface area (Å²) in [7, 11) is 6.55. The van der Waals surface area contributed by atoms with Crippen LogP contribution in [0.15, 0.2) is 36.4 Å². The van der Waals surface area contributed by atoms with Gasteiger partial charge in [-0.3, -0.25) is 4.90 Å². The van der Waals surface area contributed by atoms with Gasteiger partial charge >= 0.3 is 0 Å². The molecule has 1 atom stereocenters. The lowest BCUT2D eigenvalue weighted by atomic mass is 10.00. The number of hydrogen-bond donors (Lipinski definition) is 0. The van der Waals surface area contributed by atoms with Crippen molar-refractivity contribution in [2.24, 2.45) is 0 Å². The van der Waals surface area contributed by atoms with E-state index in [-0.39, 0.29) is 11.6 Å². The first-order chi connectivity index (χ1) is 17.3. The first kappa shape index (κ1) is 25.6. The number of rotatable bonds is 8. The molecule has 0 N–H and O–H groups in total. The summed E-state index contributed by atoms with van der Waals surface area (Å²) in [5, 5.41) is 12.9. The summed E-state index contributed by atoms with van der Waals surface area (Å²) >= 11 is 0. The highest BCUT2D eigenvalue weighted by Gasteiger charge is 2.34. The Morgan fingerprint density at radius 2 is 1.42 bits per heavy atom. The standard InChI is InChI=1S/C26H36N6O4/c1-26(2,3)32-25(27-28-29-32)23(18-16-21(34-5)24(36-7)22(17-18)35-6)31-14-12-30(13-15-31)19-8-10-20(33-4)11-9-19/h8-11,16-17,23H,12-15H2,1-7H3/t23-/m0/s1. The number of benzene rings is 2. The Hall–Kier alpha value is -3.53. The molecule has 3 aromatic rings. The summed E-state index contributed by atoms with van der Waals surface area (Å²) in [6, 6.07) is 12.0. The number of aromatic nitrogens is 4. The number of anilines is 1. The lowest BCUT2D eigenvalue weighted by Gasteiger charge is -2.40. The van der Waals surface area contributed by atoms with Crippen molar-refractivity contribution in [1.82, 2.24) is 25.1 Å². The summed E-state index contributed by atoms with van der Waals surface area (Å²) < 4.78 is 24.1. The van der Waals surface area contributed by atoms with Crippen LogP contribution in [-0.2, 0) is 5.54 Å². The molecule has 0 unspecified atom stereocenters. The zero-order valence-corrected chi connectivity index (χ0v) is 22.2. The first-order valence-electron chi connectivity index (χ1n) is 12.0. The van der Waals surface area contributed by atoms with Gasteiger partial charge in [0.1, 0.15) is 5.75 Å². The third-order valence-electron chi connectivity index (χ3n) is 6.49. The number of hydrogen-bond acceptors (Lipinski definition) is 9. The molecule has 1 aliphatic heterocycles. The van der Waals surface area contributed by atoms with E-state index in [1.54, 1.807) is 28.4 Å². The van der Waals surface area contributed by atoms with Crippen LogP contribution in [0.3, 0.4) is 0 Å². The van der Waals surface area contributed by atoms with Crippen molar-refractivity contribution in [2.75, 3.05) is 59.5 Å². The highest BCUT2D eigenvalue weighted by molar-refractivity contribution is 5.55. The van der Waals surface area contributed by atoms with Crippen molar-refractivity contribution in [3.05, 3.63) is 47.8 Å². The normalized spacial score (nSPS) is 15.5. The fourth-order valence-corrected chi connectivity index (χ4v) is 4.66. The van der Waals surface area contributed by atoms with Crippen LogP contribution in [0.1, 0.15) is 38.2 Å². The van der Waals surface area contributed by atoms with Crippen molar-refractivity contribution >= 4 is 5.69 Å². The fourth-order valence-electron chi connectivity index (χ4n) is 4.66. The molecule has 36 heavy (non-hydrogen) atoms. The van der Waals surface area contributed by atoms with Crippen LogP contribution in [0.5, 0.6) is 23.0 Å². The minimum absolute atomic E-state index is 0.203. The maximum atomic E-state index is 5.67. The summed E-state index contributed by atoms with van der Waals surface area (Å²) in [6.45, 7) is 9.67. The van der Waals surface area contributed by atoms with Crippen LogP contribution in [-0.4, -0.2) is 79.7 Å². The topological polar surface area (TPSA) is 87.0 Å². The minimum atomic E-state index is -0.289. The lowest BCUT2D eigenvalue weighted by Crippen LogP contribution is -2.48. The van der Waals surface area contributed by atoms with E-state index in [0.717, 1.165) is 43.3 Å². The monoisotopic (exact) mass is 496 g/mol. The van der Waals surface area contributed by atoms with E-state index in [0.29, 0.717) is 17.2 Å². The third-order valence-corrected chi connectivity index (χ3v) is 6.49. The molecule has 10 heteroatoms. The number of methoxy groups -OCH3 is 4. The van der Waals surface area contributed by atoms with Crippen molar-refractivity contribution in [1.29, 1.82) is 0 Å². The highest BCUT2D eigenvalue weighted by atomic mass is 16.5. The Labute approximate surface area is 212 Å². The summed E-state index contributed by atoms with van der Waals surface area (Å²) in [6.07, 6.45) is 0.